The van der Waals surface area contributed by atoms with Gasteiger partial charge in [0.15, 0.2) is 0 Å². The average molecular weight is 369 g/mol. The maximum Gasteiger partial charge on any atom is 0.336 e. The monoisotopic (exact) mass is 368 g/mol. The molecule has 0 fully saturated rings. The van der Waals surface area contributed by atoms with Gasteiger partial charge in [-0.05, 0) is 46.6 Å². The van der Waals surface area contributed by atoms with Crippen molar-refractivity contribution in [2.75, 3.05) is 5.32 Å². The van der Waals surface area contributed by atoms with Gasteiger partial charge in [-0.2, -0.15) is 0 Å². The Hall–Kier alpha value is -1.86. The number of amides is 2. The normalized spacial score (nSPS) is 10.2. The summed E-state index contributed by atoms with van der Waals surface area (Å²) in [5, 5.41) is 16.3. The van der Waals surface area contributed by atoms with E-state index in [0.29, 0.717) is 17.8 Å². The summed E-state index contributed by atoms with van der Waals surface area (Å²) < 4.78 is 0.981. The van der Waals surface area contributed by atoms with Crippen LogP contribution >= 0.6 is 27.3 Å². The standard InChI is InChI=1S/C14H13BrN2O3S/c1-8-2-3-10(5-12(8)13(18)19)17-14(20)16-6-11-4-9(15)7-21-11/h2-5,7H,6H2,1H3,(H,18,19)(H2,16,17,20). The minimum Gasteiger partial charge on any atom is -0.478 e. The van der Waals surface area contributed by atoms with Crippen molar-refractivity contribution in [3.05, 3.63) is 50.1 Å². The van der Waals surface area contributed by atoms with Crippen LogP contribution in [-0.4, -0.2) is 17.1 Å². The second-order valence-electron chi connectivity index (χ2n) is 4.37. The molecule has 1 heterocycles. The third-order valence-corrected chi connectivity index (χ3v) is 4.47. The molecular weight excluding hydrogens is 356 g/mol. The Morgan fingerprint density at radius 3 is 2.71 bits per heavy atom. The Kier molecular flexibility index (Phi) is 4.98. The minimum absolute atomic E-state index is 0.176. The predicted molar refractivity (Wildman–Crippen MR) is 86.0 cm³/mol. The molecule has 0 atom stereocenters. The van der Waals surface area contributed by atoms with Crippen LogP contribution in [-0.2, 0) is 6.54 Å². The van der Waals surface area contributed by atoms with Crippen LogP contribution in [0.1, 0.15) is 20.8 Å². The van der Waals surface area contributed by atoms with Gasteiger partial charge in [0.2, 0.25) is 0 Å². The van der Waals surface area contributed by atoms with Crippen molar-refractivity contribution in [1.82, 2.24) is 5.32 Å². The van der Waals surface area contributed by atoms with Gasteiger partial charge in [0.1, 0.15) is 0 Å². The van der Waals surface area contributed by atoms with E-state index in [1.54, 1.807) is 19.1 Å². The molecule has 21 heavy (non-hydrogen) atoms. The number of urea groups is 1. The lowest BCUT2D eigenvalue weighted by atomic mass is 10.1. The number of nitrogens with one attached hydrogen (secondary N) is 2. The number of carboxylic acid groups (broad SMARTS) is 1. The molecule has 3 N–H and O–H groups in total. The first-order valence-electron chi connectivity index (χ1n) is 6.07. The number of aromatic carboxylic acids is 1. The SMILES string of the molecule is Cc1ccc(NC(=O)NCc2cc(Br)cs2)cc1C(=O)O. The van der Waals surface area contributed by atoms with Gasteiger partial charge in [-0.3, -0.25) is 0 Å². The van der Waals surface area contributed by atoms with Crippen molar-refractivity contribution in [2.45, 2.75) is 13.5 Å². The van der Waals surface area contributed by atoms with Crippen molar-refractivity contribution >= 4 is 45.0 Å². The zero-order valence-corrected chi connectivity index (χ0v) is 13.5. The van der Waals surface area contributed by atoms with Crippen LogP contribution in [0.3, 0.4) is 0 Å². The van der Waals surface area contributed by atoms with E-state index in [9.17, 15) is 9.59 Å². The first-order chi connectivity index (χ1) is 9.95. The van der Waals surface area contributed by atoms with E-state index < -0.39 is 5.97 Å². The molecule has 0 aliphatic carbocycles. The average Bonchev–Trinajstić information content (AvgIpc) is 2.84. The van der Waals surface area contributed by atoms with Crippen LogP contribution in [0.4, 0.5) is 10.5 Å². The molecule has 1 aromatic carbocycles. The largest absolute Gasteiger partial charge is 0.478 e. The first kappa shape index (κ1) is 15.5. The lowest BCUT2D eigenvalue weighted by molar-refractivity contribution is 0.0696. The number of hydrogen-bond donors (Lipinski definition) is 3. The van der Waals surface area contributed by atoms with Crippen LogP contribution < -0.4 is 10.6 Å². The van der Waals surface area contributed by atoms with Gasteiger partial charge in [-0.1, -0.05) is 6.07 Å². The molecule has 0 aliphatic heterocycles. The van der Waals surface area contributed by atoms with Crippen LogP contribution in [0.2, 0.25) is 0 Å². The minimum atomic E-state index is -1.01. The molecule has 2 rings (SSSR count). The molecule has 0 saturated carbocycles. The van der Waals surface area contributed by atoms with Crippen LogP contribution in [0.15, 0.2) is 34.1 Å². The van der Waals surface area contributed by atoms with E-state index >= 15 is 0 Å². The van der Waals surface area contributed by atoms with Crippen LogP contribution in [0.25, 0.3) is 0 Å². The Morgan fingerprint density at radius 1 is 1.33 bits per heavy atom. The molecule has 2 aromatic rings. The summed E-state index contributed by atoms with van der Waals surface area (Å²) >= 11 is 4.89. The number of carboxylic acids is 1. The summed E-state index contributed by atoms with van der Waals surface area (Å²) in [5.41, 5.74) is 1.27. The Morgan fingerprint density at radius 2 is 2.10 bits per heavy atom. The maximum atomic E-state index is 11.8. The third kappa shape index (κ3) is 4.30. The number of aryl methyl sites for hydroxylation is 1. The topological polar surface area (TPSA) is 78.4 Å². The fraction of sp³-hybridized carbons (Fsp3) is 0.143. The van der Waals surface area contributed by atoms with Gasteiger partial charge in [0.05, 0.1) is 12.1 Å². The second-order valence-corrected chi connectivity index (χ2v) is 6.29. The van der Waals surface area contributed by atoms with E-state index in [1.165, 1.54) is 17.4 Å². The third-order valence-electron chi connectivity index (χ3n) is 2.77. The molecule has 0 aliphatic rings. The molecule has 0 unspecified atom stereocenters. The van der Waals surface area contributed by atoms with E-state index in [1.807, 2.05) is 11.4 Å². The summed E-state index contributed by atoms with van der Waals surface area (Å²) in [7, 11) is 0. The number of halogens is 1. The Balaban J connectivity index is 1.96. The van der Waals surface area contributed by atoms with Crippen molar-refractivity contribution in [2.24, 2.45) is 0 Å². The van der Waals surface area contributed by atoms with Crippen molar-refractivity contribution in [1.29, 1.82) is 0 Å². The fourth-order valence-electron chi connectivity index (χ4n) is 1.72. The zero-order chi connectivity index (χ0) is 15.4. The Labute approximate surface area is 134 Å². The number of thiophene rings is 1. The highest BCUT2D eigenvalue weighted by Gasteiger charge is 2.09. The molecule has 5 nitrogen and oxygen atoms in total. The number of hydrogen-bond acceptors (Lipinski definition) is 3. The van der Waals surface area contributed by atoms with E-state index in [-0.39, 0.29) is 11.6 Å². The second kappa shape index (κ2) is 6.73. The van der Waals surface area contributed by atoms with Crippen molar-refractivity contribution in [3.63, 3.8) is 0 Å². The highest BCUT2D eigenvalue weighted by molar-refractivity contribution is 9.10. The number of benzene rings is 1. The highest BCUT2D eigenvalue weighted by Crippen LogP contribution is 2.19. The highest BCUT2D eigenvalue weighted by atomic mass is 79.9. The Bertz CT molecular complexity index is 685. The molecule has 1 aromatic heterocycles. The van der Waals surface area contributed by atoms with Gasteiger partial charge in [0, 0.05) is 20.4 Å². The van der Waals surface area contributed by atoms with E-state index in [4.69, 9.17) is 5.11 Å². The van der Waals surface area contributed by atoms with Gasteiger partial charge in [-0.25, -0.2) is 9.59 Å². The molecule has 2 amide bonds. The van der Waals surface area contributed by atoms with E-state index in [0.717, 1.165) is 9.35 Å². The van der Waals surface area contributed by atoms with Crippen LogP contribution in [0.5, 0.6) is 0 Å². The molecule has 0 bridgehead atoms. The summed E-state index contributed by atoms with van der Waals surface area (Å²) in [4.78, 5) is 23.8. The zero-order valence-electron chi connectivity index (χ0n) is 11.1. The van der Waals surface area contributed by atoms with Crippen molar-refractivity contribution in [3.8, 4) is 0 Å². The summed E-state index contributed by atoms with van der Waals surface area (Å²) in [6.45, 7) is 2.13. The first-order valence-corrected chi connectivity index (χ1v) is 7.74. The quantitative estimate of drug-likeness (QED) is 0.766. The fourth-order valence-corrected chi connectivity index (χ4v) is 3.11. The smallest absolute Gasteiger partial charge is 0.336 e. The summed E-state index contributed by atoms with van der Waals surface area (Å²) in [5.74, 6) is -1.01. The van der Waals surface area contributed by atoms with Gasteiger partial charge in [-0.15, -0.1) is 11.3 Å². The molecule has 0 spiro atoms. The number of carbonyl (C=O) groups is 2. The summed E-state index contributed by atoms with van der Waals surface area (Å²) in [6, 6.07) is 6.33. The van der Waals surface area contributed by atoms with Gasteiger partial charge in [0.25, 0.3) is 0 Å². The molecule has 7 heteroatoms. The van der Waals surface area contributed by atoms with E-state index in [2.05, 4.69) is 26.6 Å². The predicted octanol–water partition coefficient (Wildman–Crippen LogP) is 3.84. The lowest BCUT2D eigenvalue weighted by Gasteiger charge is -2.08. The summed E-state index contributed by atoms with van der Waals surface area (Å²) in [6.07, 6.45) is 0. The number of anilines is 1. The molecule has 0 radical (unpaired) electrons. The van der Waals surface area contributed by atoms with Crippen molar-refractivity contribution < 1.29 is 14.7 Å². The van der Waals surface area contributed by atoms with Gasteiger partial charge >= 0.3 is 12.0 Å². The number of rotatable bonds is 4. The molecule has 0 saturated heterocycles. The number of carbonyl (C=O) groups excluding carboxylic acids is 1. The molecular formula is C14H13BrN2O3S. The maximum absolute atomic E-state index is 11.8. The molecule has 110 valence electrons. The van der Waals surface area contributed by atoms with Gasteiger partial charge < -0.3 is 15.7 Å². The lowest BCUT2D eigenvalue weighted by Crippen LogP contribution is -2.27. The van der Waals surface area contributed by atoms with Crippen LogP contribution in [0, 0.1) is 6.92 Å².